The van der Waals surface area contributed by atoms with Crippen LogP contribution in [0.15, 0.2) is 30.3 Å². The number of rotatable bonds is 6. The summed E-state index contributed by atoms with van der Waals surface area (Å²) >= 11 is 0. The lowest BCUT2D eigenvalue weighted by molar-refractivity contribution is -0.137. The minimum Gasteiger partial charge on any atom is -0.481 e. The molecule has 0 aliphatic heterocycles. The summed E-state index contributed by atoms with van der Waals surface area (Å²) in [7, 11) is 0. The van der Waals surface area contributed by atoms with Crippen molar-refractivity contribution in [1.29, 1.82) is 0 Å². The molecule has 1 rings (SSSR count). The molecule has 0 bridgehead atoms. The van der Waals surface area contributed by atoms with Crippen LogP contribution in [0, 0.1) is 0 Å². The van der Waals surface area contributed by atoms with E-state index in [9.17, 15) is 4.79 Å². The van der Waals surface area contributed by atoms with Crippen molar-refractivity contribution in [2.75, 3.05) is 6.54 Å². The van der Waals surface area contributed by atoms with Crippen LogP contribution in [0.25, 0.3) is 0 Å². The summed E-state index contributed by atoms with van der Waals surface area (Å²) in [6.45, 7) is 2.91. The molecule has 0 radical (unpaired) electrons. The lowest BCUT2D eigenvalue weighted by Gasteiger charge is -2.16. The number of hydrogen-bond acceptors (Lipinski definition) is 2. The van der Waals surface area contributed by atoms with Gasteiger partial charge in [0.2, 0.25) is 0 Å². The first kappa shape index (κ1) is 11.7. The molecule has 0 amide bonds. The van der Waals surface area contributed by atoms with Crippen LogP contribution < -0.4 is 5.32 Å². The molecule has 1 aromatic carbocycles. The molecule has 0 aliphatic rings. The van der Waals surface area contributed by atoms with Gasteiger partial charge in [0.05, 0.1) is 6.42 Å². The summed E-state index contributed by atoms with van der Waals surface area (Å²) in [5.74, 6) is -0.771. The SMILES string of the molecule is CCCN[C@@H](CC(=O)O)c1ccccc1. The number of benzene rings is 1. The first-order valence-corrected chi connectivity index (χ1v) is 5.24. The first-order valence-electron chi connectivity index (χ1n) is 5.24. The fourth-order valence-electron chi connectivity index (χ4n) is 1.49. The third-order valence-electron chi connectivity index (χ3n) is 2.22. The monoisotopic (exact) mass is 207 g/mol. The number of carboxylic acids is 1. The maximum Gasteiger partial charge on any atom is 0.305 e. The molecule has 0 spiro atoms. The Bertz CT molecular complexity index is 298. The van der Waals surface area contributed by atoms with Gasteiger partial charge in [-0.3, -0.25) is 4.79 Å². The lowest BCUT2D eigenvalue weighted by Crippen LogP contribution is -2.24. The van der Waals surface area contributed by atoms with E-state index in [1.165, 1.54) is 0 Å². The number of nitrogens with one attached hydrogen (secondary N) is 1. The summed E-state index contributed by atoms with van der Waals surface area (Å²) in [6, 6.07) is 9.62. The Labute approximate surface area is 90.1 Å². The second-order valence-electron chi connectivity index (χ2n) is 3.52. The van der Waals surface area contributed by atoms with Crippen molar-refractivity contribution in [3.63, 3.8) is 0 Å². The van der Waals surface area contributed by atoms with Gasteiger partial charge in [-0.05, 0) is 18.5 Å². The van der Waals surface area contributed by atoms with E-state index < -0.39 is 5.97 Å². The quantitative estimate of drug-likeness (QED) is 0.751. The molecule has 15 heavy (non-hydrogen) atoms. The molecule has 3 nitrogen and oxygen atoms in total. The molecule has 0 unspecified atom stereocenters. The van der Waals surface area contributed by atoms with Gasteiger partial charge in [-0.25, -0.2) is 0 Å². The first-order chi connectivity index (χ1) is 7.24. The van der Waals surface area contributed by atoms with Gasteiger partial charge in [0.1, 0.15) is 0 Å². The highest BCUT2D eigenvalue weighted by Gasteiger charge is 2.13. The highest BCUT2D eigenvalue weighted by Crippen LogP contribution is 2.16. The van der Waals surface area contributed by atoms with Crippen LogP contribution in [0.1, 0.15) is 31.4 Å². The summed E-state index contributed by atoms with van der Waals surface area (Å²) < 4.78 is 0. The Morgan fingerprint density at radius 3 is 2.60 bits per heavy atom. The molecule has 2 N–H and O–H groups in total. The Hall–Kier alpha value is -1.35. The van der Waals surface area contributed by atoms with E-state index in [1.54, 1.807) is 0 Å². The zero-order chi connectivity index (χ0) is 11.1. The number of hydrogen-bond donors (Lipinski definition) is 2. The maximum absolute atomic E-state index is 10.7. The molecule has 1 atom stereocenters. The molecular weight excluding hydrogens is 190 g/mol. The largest absolute Gasteiger partial charge is 0.481 e. The molecule has 3 heteroatoms. The summed E-state index contributed by atoms with van der Waals surface area (Å²) in [4.78, 5) is 10.7. The molecule has 82 valence electrons. The zero-order valence-corrected chi connectivity index (χ0v) is 8.94. The van der Waals surface area contributed by atoms with Crippen molar-refractivity contribution >= 4 is 5.97 Å². The predicted molar refractivity (Wildman–Crippen MR) is 59.7 cm³/mol. The predicted octanol–water partition coefficient (Wildman–Crippen LogP) is 2.20. The highest BCUT2D eigenvalue weighted by molar-refractivity contribution is 5.67. The smallest absolute Gasteiger partial charge is 0.305 e. The van der Waals surface area contributed by atoms with Gasteiger partial charge in [-0.15, -0.1) is 0 Å². The van der Waals surface area contributed by atoms with Crippen molar-refractivity contribution in [2.24, 2.45) is 0 Å². The van der Waals surface area contributed by atoms with Crippen LogP contribution in [0.2, 0.25) is 0 Å². The molecular formula is C12H17NO2. The van der Waals surface area contributed by atoms with Gasteiger partial charge in [0, 0.05) is 6.04 Å². The van der Waals surface area contributed by atoms with Crippen LogP contribution in [0.4, 0.5) is 0 Å². The van der Waals surface area contributed by atoms with E-state index >= 15 is 0 Å². The number of aliphatic carboxylic acids is 1. The van der Waals surface area contributed by atoms with Crippen molar-refractivity contribution in [2.45, 2.75) is 25.8 Å². The average molecular weight is 207 g/mol. The Balaban J connectivity index is 2.67. The normalized spacial score (nSPS) is 12.3. The molecule has 0 fully saturated rings. The average Bonchev–Trinajstić information content (AvgIpc) is 2.25. The number of carbonyl (C=O) groups is 1. The molecule has 0 saturated carbocycles. The molecule has 0 aliphatic carbocycles. The van der Waals surface area contributed by atoms with Gasteiger partial charge in [-0.2, -0.15) is 0 Å². The van der Waals surface area contributed by atoms with Crippen molar-refractivity contribution in [3.05, 3.63) is 35.9 Å². The minimum absolute atomic E-state index is 0.0800. The molecule has 0 heterocycles. The minimum atomic E-state index is -0.771. The van der Waals surface area contributed by atoms with Crippen LogP contribution in [-0.2, 0) is 4.79 Å². The zero-order valence-electron chi connectivity index (χ0n) is 8.94. The fourth-order valence-corrected chi connectivity index (χ4v) is 1.49. The van der Waals surface area contributed by atoms with E-state index in [-0.39, 0.29) is 12.5 Å². The third kappa shape index (κ3) is 4.13. The molecule has 1 aromatic rings. The maximum atomic E-state index is 10.7. The second kappa shape index (κ2) is 6.19. The molecule has 0 saturated heterocycles. The Morgan fingerprint density at radius 1 is 1.40 bits per heavy atom. The van der Waals surface area contributed by atoms with Gasteiger partial charge >= 0.3 is 5.97 Å². The Morgan fingerprint density at radius 2 is 2.07 bits per heavy atom. The van der Waals surface area contributed by atoms with Crippen LogP contribution >= 0.6 is 0 Å². The van der Waals surface area contributed by atoms with E-state index in [0.717, 1.165) is 18.5 Å². The number of carboxylic acid groups (broad SMARTS) is 1. The lowest BCUT2D eigenvalue weighted by atomic mass is 10.0. The van der Waals surface area contributed by atoms with Crippen LogP contribution in [-0.4, -0.2) is 17.6 Å². The van der Waals surface area contributed by atoms with Gasteiger partial charge in [0.15, 0.2) is 0 Å². The van der Waals surface area contributed by atoms with Crippen molar-refractivity contribution in [3.8, 4) is 0 Å². The summed E-state index contributed by atoms with van der Waals surface area (Å²) in [5, 5.41) is 12.0. The third-order valence-corrected chi connectivity index (χ3v) is 2.22. The van der Waals surface area contributed by atoms with Crippen LogP contribution in [0.5, 0.6) is 0 Å². The van der Waals surface area contributed by atoms with E-state index in [1.807, 2.05) is 30.3 Å². The van der Waals surface area contributed by atoms with E-state index in [2.05, 4.69) is 12.2 Å². The fraction of sp³-hybridized carbons (Fsp3) is 0.417. The van der Waals surface area contributed by atoms with Gasteiger partial charge < -0.3 is 10.4 Å². The van der Waals surface area contributed by atoms with E-state index in [0.29, 0.717) is 0 Å². The van der Waals surface area contributed by atoms with Gasteiger partial charge in [0.25, 0.3) is 0 Å². The van der Waals surface area contributed by atoms with Gasteiger partial charge in [-0.1, -0.05) is 37.3 Å². The summed E-state index contributed by atoms with van der Waals surface area (Å²) in [6.07, 6.45) is 1.13. The topological polar surface area (TPSA) is 49.3 Å². The van der Waals surface area contributed by atoms with Crippen molar-refractivity contribution < 1.29 is 9.90 Å². The van der Waals surface area contributed by atoms with Crippen molar-refractivity contribution in [1.82, 2.24) is 5.32 Å². The summed E-state index contributed by atoms with van der Waals surface area (Å²) in [5.41, 5.74) is 1.04. The van der Waals surface area contributed by atoms with Crippen LogP contribution in [0.3, 0.4) is 0 Å². The Kier molecular flexibility index (Phi) is 4.84. The standard InChI is InChI=1S/C12H17NO2/c1-2-8-13-11(9-12(14)15)10-6-4-3-5-7-10/h3-7,11,13H,2,8-9H2,1H3,(H,14,15)/t11-/m0/s1. The van der Waals surface area contributed by atoms with E-state index in [4.69, 9.17) is 5.11 Å². The molecule has 0 aromatic heterocycles. The highest BCUT2D eigenvalue weighted by atomic mass is 16.4. The second-order valence-corrected chi connectivity index (χ2v) is 3.52.